The Kier molecular flexibility index (Phi) is 2.48. The highest BCUT2D eigenvalue weighted by Crippen LogP contribution is 2.37. The van der Waals surface area contributed by atoms with Crippen LogP contribution < -0.4 is 0 Å². The van der Waals surface area contributed by atoms with Crippen LogP contribution in [0.25, 0.3) is 21.5 Å². The largest absolute Gasteiger partial charge is 0.507 e. The Morgan fingerprint density at radius 2 is 1.61 bits per heavy atom. The quantitative estimate of drug-likeness (QED) is 0.600. The third-order valence-corrected chi connectivity index (χ3v) is 3.48. The molecule has 0 saturated heterocycles. The van der Waals surface area contributed by atoms with E-state index >= 15 is 0 Å². The zero-order valence-corrected chi connectivity index (χ0v) is 10.6. The van der Waals surface area contributed by atoms with Crippen LogP contribution in [0.3, 0.4) is 0 Å². The molecule has 0 amide bonds. The zero-order chi connectivity index (χ0) is 12.7. The molecule has 0 bridgehead atoms. The van der Waals surface area contributed by atoms with Crippen LogP contribution in [0.2, 0.25) is 0 Å². The molecule has 3 aromatic rings. The Labute approximate surface area is 107 Å². The molecule has 1 N–H and O–H groups in total. The summed E-state index contributed by atoms with van der Waals surface area (Å²) in [6, 6.07) is 16.3. The van der Waals surface area contributed by atoms with Gasteiger partial charge in [0.2, 0.25) is 0 Å². The van der Waals surface area contributed by atoms with E-state index in [1.54, 1.807) is 6.07 Å². The second-order valence-corrected chi connectivity index (χ2v) is 5.04. The van der Waals surface area contributed by atoms with E-state index in [9.17, 15) is 5.11 Å². The van der Waals surface area contributed by atoms with E-state index in [-0.39, 0.29) is 0 Å². The Balaban J connectivity index is 2.60. The van der Waals surface area contributed by atoms with E-state index in [2.05, 4.69) is 50.2 Å². The van der Waals surface area contributed by atoms with Crippen molar-refractivity contribution in [2.45, 2.75) is 19.8 Å². The second kappa shape index (κ2) is 4.02. The predicted molar refractivity (Wildman–Crippen MR) is 77.2 cm³/mol. The van der Waals surface area contributed by atoms with Crippen molar-refractivity contribution in [1.29, 1.82) is 0 Å². The lowest BCUT2D eigenvalue weighted by Gasteiger charge is -2.15. The van der Waals surface area contributed by atoms with Crippen molar-refractivity contribution in [3.05, 3.63) is 54.1 Å². The molecule has 1 heteroatoms. The minimum Gasteiger partial charge on any atom is -0.507 e. The number of phenolic OH excluding ortho intramolecular Hbond substituents is 1. The summed E-state index contributed by atoms with van der Waals surface area (Å²) in [5.41, 5.74) is 1.24. The minimum absolute atomic E-state index is 0.377. The normalized spacial score (nSPS) is 11.5. The molecule has 0 aliphatic heterocycles. The summed E-state index contributed by atoms with van der Waals surface area (Å²) < 4.78 is 0. The van der Waals surface area contributed by atoms with Gasteiger partial charge in [0, 0.05) is 5.39 Å². The van der Waals surface area contributed by atoms with Crippen molar-refractivity contribution in [3.63, 3.8) is 0 Å². The standard InChI is InChI=1S/C17H16O/c1-11(2)16-14-8-4-3-6-12(14)10-13-7-5-9-15(18)17(13)16/h3-11,18H,1-2H3. The summed E-state index contributed by atoms with van der Waals surface area (Å²) in [4.78, 5) is 0. The fourth-order valence-corrected chi connectivity index (χ4v) is 2.74. The predicted octanol–water partition coefficient (Wildman–Crippen LogP) is 4.82. The molecule has 0 aromatic heterocycles. The highest BCUT2D eigenvalue weighted by atomic mass is 16.3. The topological polar surface area (TPSA) is 20.2 Å². The average molecular weight is 236 g/mol. The van der Waals surface area contributed by atoms with Gasteiger partial charge in [-0.3, -0.25) is 0 Å². The first-order valence-corrected chi connectivity index (χ1v) is 6.32. The smallest absolute Gasteiger partial charge is 0.123 e. The Hall–Kier alpha value is -2.02. The van der Waals surface area contributed by atoms with Gasteiger partial charge in [0.25, 0.3) is 0 Å². The lowest BCUT2D eigenvalue weighted by atomic mass is 9.90. The number of rotatable bonds is 1. The summed E-state index contributed by atoms with van der Waals surface area (Å²) >= 11 is 0. The molecule has 3 rings (SSSR count). The highest BCUT2D eigenvalue weighted by molar-refractivity contribution is 6.05. The summed E-state index contributed by atoms with van der Waals surface area (Å²) in [6.45, 7) is 4.35. The molecule has 0 unspecified atom stereocenters. The third-order valence-electron chi connectivity index (χ3n) is 3.48. The zero-order valence-electron chi connectivity index (χ0n) is 10.6. The lowest BCUT2D eigenvalue weighted by Crippen LogP contribution is -1.92. The van der Waals surface area contributed by atoms with Crippen LogP contribution in [-0.4, -0.2) is 5.11 Å². The maximum absolute atomic E-state index is 10.2. The lowest BCUT2D eigenvalue weighted by molar-refractivity contribution is 0.481. The van der Waals surface area contributed by atoms with Crippen molar-refractivity contribution in [2.75, 3.05) is 0 Å². The van der Waals surface area contributed by atoms with Crippen molar-refractivity contribution in [3.8, 4) is 5.75 Å². The van der Waals surface area contributed by atoms with Gasteiger partial charge in [-0.15, -0.1) is 0 Å². The van der Waals surface area contributed by atoms with E-state index in [1.807, 2.05) is 6.07 Å². The number of phenols is 1. The number of aromatic hydroxyl groups is 1. The van der Waals surface area contributed by atoms with E-state index in [4.69, 9.17) is 0 Å². The summed E-state index contributed by atoms with van der Waals surface area (Å²) in [5, 5.41) is 14.7. The van der Waals surface area contributed by atoms with Gasteiger partial charge in [-0.25, -0.2) is 0 Å². The molecule has 3 aromatic carbocycles. The first-order chi connectivity index (χ1) is 8.68. The molecule has 0 heterocycles. The van der Waals surface area contributed by atoms with E-state index in [0.717, 1.165) is 10.8 Å². The number of benzene rings is 3. The van der Waals surface area contributed by atoms with Crippen molar-refractivity contribution >= 4 is 21.5 Å². The van der Waals surface area contributed by atoms with Crippen LogP contribution in [0.1, 0.15) is 25.3 Å². The van der Waals surface area contributed by atoms with Crippen LogP contribution in [0.4, 0.5) is 0 Å². The van der Waals surface area contributed by atoms with Gasteiger partial charge in [0.05, 0.1) is 0 Å². The molecule has 0 saturated carbocycles. The van der Waals surface area contributed by atoms with Gasteiger partial charge in [-0.1, -0.05) is 50.2 Å². The molecule has 0 aliphatic rings. The molecule has 0 radical (unpaired) electrons. The molecule has 0 atom stereocenters. The summed E-state index contributed by atoms with van der Waals surface area (Å²) in [6.07, 6.45) is 0. The maximum Gasteiger partial charge on any atom is 0.123 e. The van der Waals surface area contributed by atoms with Gasteiger partial charge in [-0.05, 0) is 39.8 Å². The molecule has 0 fully saturated rings. The monoisotopic (exact) mass is 236 g/mol. The van der Waals surface area contributed by atoms with Crippen molar-refractivity contribution in [1.82, 2.24) is 0 Å². The number of hydrogen-bond donors (Lipinski definition) is 1. The van der Waals surface area contributed by atoms with Crippen LogP contribution in [0.15, 0.2) is 48.5 Å². The molecular weight excluding hydrogens is 220 g/mol. The van der Waals surface area contributed by atoms with Crippen LogP contribution in [0.5, 0.6) is 5.75 Å². The van der Waals surface area contributed by atoms with Crippen LogP contribution in [0, 0.1) is 0 Å². The summed E-state index contributed by atoms with van der Waals surface area (Å²) in [7, 11) is 0. The second-order valence-electron chi connectivity index (χ2n) is 5.04. The summed E-state index contributed by atoms with van der Waals surface area (Å²) in [5.74, 6) is 0.758. The molecule has 0 spiro atoms. The average Bonchev–Trinajstić information content (AvgIpc) is 2.36. The van der Waals surface area contributed by atoms with Crippen molar-refractivity contribution < 1.29 is 5.11 Å². The molecule has 1 nitrogen and oxygen atoms in total. The number of hydrogen-bond acceptors (Lipinski definition) is 1. The fourth-order valence-electron chi connectivity index (χ4n) is 2.74. The van der Waals surface area contributed by atoms with Crippen LogP contribution >= 0.6 is 0 Å². The minimum atomic E-state index is 0.377. The first kappa shape index (κ1) is 11.1. The van der Waals surface area contributed by atoms with Crippen molar-refractivity contribution in [2.24, 2.45) is 0 Å². The Morgan fingerprint density at radius 1 is 0.889 bits per heavy atom. The highest BCUT2D eigenvalue weighted by Gasteiger charge is 2.13. The Morgan fingerprint density at radius 3 is 2.39 bits per heavy atom. The van der Waals surface area contributed by atoms with Gasteiger partial charge < -0.3 is 5.11 Å². The van der Waals surface area contributed by atoms with E-state index < -0.39 is 0 Å². The Bertz CT molecular complexity index is 726. The van der Waals surface area contributed by atoms with Gasteiger partial charge in [0.1, 0.15) is 5.75 Å². The van der Waals surface area contributed by atoms with Gasteiger partial charge >= 0.3 is 0 Å². The SMILES string of the molecule is CC(C)c1c2ccccc2cc2cccc(O)c12. The van der Waals surface area contributed by atoms with E-state index in [0.29, 0.717) is 11.7 Å². The third kappa shape index (κ3) is 1.55. The first-order valence-electron chi connectivity index (χ1n) is 6.32. The maximum atomic E-state index is 10.2. The molecular formula is C17H16O. The van der Waals surface area contributed by atoms with Crippen LogP contribution in [-0.2, 0) is 0 Å². The van der Waals surface area contributed by atoms with Gasteiger partial charge in [-0.2, -0.15) is 0 Å². The fraction of sp³-hybridized carbons (Fsp3) is 0.176. The molecule has 0 aliphatic carbocycles. The molecule has 90 valence electrons. The van der Waals surface area contributed by atoms with Gasteiger partial charge in [0.15, 0.2) is 0 Å². The molecule has 18 heavy (non-hydrogen) atoms. The van der Waals surface area contributed by atoms with E-state index in [1.165, 1.54) is 16.3 Å². The number of fused-ring (bicyclic) bond motifs is 2.